The van der Waals surface area contributed by atoms with E-state index in [1.54, 1.807) is 7.11 Å². The summed E-state index contributed by atoms with van der Waals surface area (Å²) >= 11 is 6.04. The minimum Gasteiger partial charge on any atom is -0.494 e. The van der Waals surface area contributed by atoms with Crippen LogP contribution >= 0.6 is 11.6 Å². The Balaban J connectivity index is 1.76. The fourth-order valence-corrected chi connectivity index (χ4v) is 2.65. The second-order valence-corrected chi connectivity index (χ2v) is 5.64. The molecule has 1 aromatic carbocycles. The summed E-state index contributed by atoms with van der Waals surface area (Å²) in [4.78, 5) is 8.53. The number of anilines is 2. The third kappa shape index (κ3) is 2.35. The van der Waals surface area contributed by atoms with Gasteiger partial charge in [-0.25, -0.2) is 4.98 Å². The van der Waals surface area contributed by atoms with Crippen LogP contribution in [0.3, 0.4) is 0 Å². The van der Waals surface area contributed by atoms with Crippen LogP contribution in [0.25, 0.3) is 10.9 Å². The summed E-state index contributed by atoms with van der Waals surface area (Å²) in [5.41, 5.74) is 1.83. The topological polar surface area (TPSA) is 75.7 Å². The number of halogens is 1. The predicted molar refractivity (Wildman–Crippen MR) is 84.9 cm³/mol. The maximum atomic E-state index is 6.04. The van der Waals surface area contributed by atoms with Crippen LogP contribution < -0.4 is 10.1 Å². The molecule has 0 atom stereocenters. The highest BCUT2D eigenvalue weighted by Crippen LogP contribution is 2.40. The van der Waals surface area contributed by atoms with E-state index in [-0.39, 0.29) is 5.28 Å². The number of aromatic nitrogens is 4. The molecule has 0 amide bonds. The molecular weight excluding hydrogens is 302 g/mol. The lowest BCUT2D eigenvalue weighted by Gasteiger charge is -2.09. The smallest absolute Gasteiger partial charge is 0.225 e. The van der Waals surface area contributed by atoms with Crippen molar-refractivity contribution in [3.63, 3.8) is 0 Å². The molecule has 0 unspecified atom stereocenters. The summed E-state index contributed by atoms with van der Waals surface area (Å²) < 4.78 is 5.33. The molecule has 0 bridgehead atoms. The number of aromatic amines is 1. The van der Waals surface area contributed by atoms with E-state index in [4.69, 9.17) is 16.3 Å². The molecule has 2 aromatic heterocycles. The number of methoxy groups -OCH3 is 1. The van der Waals surface area contributed by atoms with E-state index in [0.29, 0.717) is 23.0 Å². The number of hydrogen-bond acceptors (Lipinski definition) is 5. The van der Waals surface area contributed by atoms with Crippen LogP contribution in [0, 0.1) is 0 Å². The first-order valence-corrected chi connectivity index (χ1v) is 7.45. The fraction of sp³-hybridized carbons (Fsp3) is 0.267. The zero-order chi connectivity index (χ0) is 15.1. The molecule has 7 heteroatoms. The lowest BCUT2D eigenvalue weighted by atomic mass is 10.2. The molecule has 4 rings (SSSR count). The summed E-state index contributed by atoms with van der Waals surface area (Å²) in [6.07, 6.45) is 2.45. The van der Waals surface area contributed by atoms with Crippen molar-refractivity contribution >= 4 is 34.1 Å². The number of para-hydroxylation sites is 1. The summed E-state index contributed by atoms with van der Waals surface area (Å²) in [6, 6.07) is 7.67. The van der Waals surface area contributed by atoms with Gasteiger partial charge >= 0.3 is 0 Å². The predicted octanol–water partition coefficient (Wildman–Crippen LogP) is 3.64. The van der Waals surface area contributed by atoms with E-state index >= 15 is 0 Å². The molecule has 0 spiro atoms. The van der Waals surface area contributed by atoms with Gasteiger partial charge in [-0.3, -0.25) is 5.10 Å². The maximum Gasteiger partial charge on any atom is 0.225 e. The van der Waals surface area contributed by atoms with E-state index in [1.165, 1.54) is 12.8 Å². The van der Waals surface area contributed by atoms with Gasteiger partial charge in [-0.05, 0) is 36.6 Å². The molecule has 1 aliphatic rings. The summed E-state index contributed by atoms with van der Waals surface area (Å²) in [7, 11) is 1.60. The third-order valence-electron chi connectivity index (χ3n) is 3.74. The van der Waals surface area contributed by atoms with Gasteiger partial charge in [0.1, 0.15) is 17.1 Å². The Morgan fingerprint density at radius 2 is 2.18 bits per heavy atom. The lowest BCUT2D eigenvalue weighted by molar-refractivity contribution is 0.419. The number of ether oxygens (including phenoxy) is 1. The van der Waals surface area contributed by atoms with Gasteiger partial charge in [-0.2, -0.15) is 10.1 Å². The molecule has 0 saturated heterocycles. The van der Waals surface area contributed by atoms with E-state index < -0.39 is 0 Å². The van der Waals surface area contributed by atoms with E-state index in [0.717, 1.165) is 16.9 Å². The molecule has 1 fully saturated rings. The fourth-order valence-electron chi connectivity index (χ4n) is 2.48. The van der Waals surface area contributed by atoms with Crippen molar-refractivity contribution in [1.29, 1.82) is 0 Å². The Morgan fingerprint density at radius 1 is 1.32 bits per heavy atom. The van der Waals surface area contributed by atoms with Gasteiger partial charge in [0.15, 0.2) is 5.82 Å². The van der Waals surface area contributed by atoms with Gasteiger partial charge in [-0.1, -0.05) is 6.07 Å². The molecule has 1 saturated carbocycles. The SMILES string of the molecule is COc1cccc2c(Nc3cc(C4CC4)[nH]n3)nc(Cl)nc12. The summed E-state index contributed by atoms with van der Waals surface area (Å²) in [5, 5.41) is 11.5. The van der Waals surface area contributed by atoms with Gasteiger partial charge in [-0.15, -0.1) is 0 Å². The van der Waals surface area contributed by atoms with Crippen molar-refractivity contribution in [1.82, 2.24) is 20.2 Å². The van der Waals surface area contributed by atoms with Gasteiger partial charge in [0.2, 0.25) is 5.28 Å². The molecule has 22 heavy (non-hydrogen) atoms. The molecule has 0 aliphatic heterocycles. The summed E-state index contributed by atoms with van der Waals surface area (Å²) in [5.74, 6) is 2.61. The minimum absolute atomic E-state index is 0.164. The number of benzene rings is 1. The first kappa shape index (κ1) is 13.3. The Hall–Kier alpha value is -2.34. The zero-order valence-electron chi connectivity index (χ0n) is 11.9. The highest BCUT2D eigenvalue weighted by atomic mass is 35.5. The Labute approximate surface area is 131 Å². The van der Waals surface area contributed by atoms with Crippen LogP contribution in [0.15, 0.2) is 24.3 Å². The van der Waals surface area contributed by atoms with Crippen LogP contribution in [0.2, 0.25) is 5.28 Å². The van der Waals surface area contributed by atoms with Crippen molar-refractivity contribution in [3.8, 4) is 5.75 Å². The zero-order valence-corrected chi connectivity index (χ0v) is 12.7. The average Bonchev–Trinajstić information content (AvgIpc) is 3.27. The van der Waals surface area contributed by atoms with Crippen molar-refractivity contribution < 1.29 is 4.74 Å². The van der Waals surface area contributed by atoms with Crippen molar-refractivity contribution in [2.24, 2.45) is 0 Å². The molecule has 0 radical (unpaired) electrons. The first-order chi connectivity index (χ1) is 10.7. The van der Waals surface area contributed by atoms with Gasteiger partial charge in [0.25, 0.3) is 0 Å². The quantitative estimate of drug-likeness (QED) is 0.719. The first-order valence-electron chi connectivity index (χ1n) is 7.07. The highest BCUT2D eigenvalue weighted by Gasteiger charge is 2.25. The van der Waals surface area contributed by atoms with Crippen LogP contribution in [0.1, 0.15) is 24.5 Å². The van der Waals surface area contributed by atoms with Gasteiger partial charge in [0.05, 0.1) is 7.11 Å². The molecule has 2 N–H and O–H groups in total. The number of nitrogens with zero attached hydrogens (tertiary/aromatic N) is 3. The number of hydrogen-bond donors (Lipinski definition) is 2. The van der Waals surface area contributed by atoms with Gasteiger partial charge in [0, 0.05) is 23.1 Å². The summed E-state index contributed by atoms with van der Waals surface area (Å²) in [6.45, 7) is 0. The number of fused-ring (bicyclic) bond motifs is 1. The normalized spacial score (nSPS) is 14.3. The molecule has 112 valence electrons. The van der Waals surface area contributed by atoms with Crippen molar-refractivity contribution in [3.05, 3.63) is 35.2 Å². The third-order valence-corrected chi connectivity index (χ3v) is 3.91. The van der Waals surface area contributed by atoms with Crippen LogP contribution in [0.4, 0.5) is 11.6 Å². The minimum atomic E-state index is 0.164. The lowest BCUT2D eigenvalue weighted by Crippen LogP contribution is -1.98. The average molecular weight is 316 g/mol. The number of rotatable bonds is 4. The molecular formula is C15H14ClN5O. The standard InChI is InChI=1S/C15H14ClN5O/c1-22-11-4-2-3-9-13(11)18-15(16)19-14(9)17-12-7-10(20-21-12)8-5-6-8/h2-4,7-8H,5-6H2,1H3,(H2,17,18,19,20,21). The molecule has 2 heterocycles. The highest BCUT2D eigenvalue weighted by molar-refractivity contribution is 6.29. The molecule has 3 aromatic rings. The number of H-pyrrole nitrogens is 1. The van der Waals surface area contributed by atoms with Gasteiger partial charge < -0.3 is 10.1 Å². The van der Waals surface area contributed by atoms with Crippen LogP contribution in [-0.2, 0) is 0 Å². The van der Waals surface area contributed by atoms with E-state index in [9.17, 15) is 0 Å². The van der Waals surface area contributed by atoms with Crippen LogP contribution in [0.5, 0.6) is 5.75 Å². The molecule has 1 aliphatic carbocycles. The van der Waals surface area contributed by atoms with Crippen LogP contribution in [-0.4, -0.2) is 27.3 Å². The van der Waals surface area contributed by atoms with E-state index in [2.05, 4.69) is 25.5 Å². The monoisotopic (exact) mass is 315 g/mol. The maximum absolute atomic E-state index is 6.04. The second kappa shape index (κ2) is 5.14. The Morgan fingerprint density at radius 3 is 2.95 bits per heavy atom. The Bertz CT molecular complexity index is 843. The second-order valence-electron chi connectivity index (χ2n) is 5.31. The largest absolute Gasteiger partial charge is 0.494 e. The van der Waals surface area contributed by atoms with Crippen molar-refractivity contribution in [2.75, 3.05) is 12.4 Å². The molecule has 6 nitrogen and oxygen atoms in total. The Kier molecular flexibility index (Phi) is 3.11. The van der Waals surface area contributed by atoms with E-state index in [1.807, 2.05) is 24.3 Å². The number of nitrogens with one attached hydrogen (secondary N) is 2. The van der Waals surface area contributed by atoms with Crippen molar-refractivity contribution in [2.45, 2.75) is 18.8 Å².